The van der Waals surface area contributed by atoms with Gasteiger partial charge in [0.1, 0.15) is 11.5 Å². The Bertz CT molecular complexity index is 658. The summed E-state index contributed by atoms with van der Waals surface area (Å²) < 4.78 is 10.3. The van der Waals surface area contributed by atoms with E-state index in [9.17, 15) is 9.90 Å². The van der Waals surface area contributed by atoms with Gasteiger partial charge in [-0.15, -0.1) is 0 Å². The number of hydrogen-bond acceptors (Lipinski definition) is 5. The van der Waals surface area contributed by atoms with Crippen molar-refractivity contribution in [3.8, 4) is 11.5 Å². The van der Waals surface area contributed by atoms with Crippen LogP contribution in [0, 0.1) is 0 Å². The Morgan fingerprint density at radius 1 is 1.05 bits per heavy atom. The second kappa shape index (κ2) is 7.17. The van der Waals surface area contributed by atoms with Crippen LogP contribution in [0.3, 0.4) is 0 Å². The van der Waals surface area contributed by atoms with Gasteiger partial charge in [-0.05, 0) is 5.56 Å². The van der Waals surface area contributed by atoms with Crippen molar-refractivity contribution in [2.75, 3.05) is 19.5 Å². The normalized spacial score (nSPS) is 10.9. The largest absolute Gasteiger partial charge is 0.545 e. The van der Waals surface area contributed by atoms with E-state index in [0.717, 1.165) is 0 Å². The number of carbonyl (C=O) groups excluding carboxylic acids is 1. The molecule has 2 aromatic rings. The van der Waals surface area contributed by atoms with E-state index in [4.69, 9.17) is 9.47 Å². The summed E-state index contributed by atoms with van der Waals surface area (Å²) in [6.45, 7) is 0. The second-order valence-corrected chi connectivity index (χ2v) is 4.46. The van der Waals surface area contributed by atoms with Crippen molar-refractivity contribution in [2.45, 2.75) is 0 Å². The van der Waals surface area contributed by atoms with Crippen LogP contribution >= 0.6 is 0 Å². The number of hydrogen-bond donors (Lipinski definition) is 1. The predicted octanol–water partition coefficient (Wildman–Crippen LogP) is 1.91. The molecule has 0 fully saturated rings. The average Bonchev–Trinajstić information content (AvgIpc) is 2.55. The van der Waals surface area contributed by atoms with E-state index in [1.807, 2.05) is 6.07 Å². The molecule has 0 saturated carbocycles. The standard InChI is InChI=1S/C17H17NO4/c1-21-14-8-13(9-15(10-14)22-2)18-11-16(17(19)20)12-6-4-3-5-7-12/h3-11,18H,1-2H3,(H,19,20)/p-1/b16-11-. The first-order valence-electron chi connectivity index (χ1n) is 6.60. The number of carbonyl (C=O) groups is 1. The molecule has 5 heteroatoms. The van der Waals surface area contributed by atoms with Gasteiger partial charge < -0.3 is 24.7 Å². The van der Waals surface area contributed by atoms with Crippen LogP contribution in [-0.2, 0) is 4.79 Å². The first-order chi connectivity index (χ1) is 10.6. The van der Waals surface area contributed by atoms with Crippen LogP contribution < -0.4 is 19.9 Å². The van der Waals surface area contributed by atoms with E-state index >= 15 is 0 Å². The molecule has 0 atom stereocenters. The van der Waals surface area contributed by atoms with Crippen LogP contribution in [0.5, 0.6) is 11.5 Å². The fourth-order valence-corrected chi connectivity index (χ4v) is 1.92. The molecular weight excluding hydrogens is 282 g/mol. The van der Waals surface area contributed by atoms with Gasteiger partial charge in [-0.3, -0.25) is 0 Å². The van der Waals surface area contributed by atoms with Crippen LogP contribution in [0.4, 0.5) is 5.69 Å². The number of anilines is 1. The molecule has 2 aromatic carbocycles. The Morgan fingerprint density at radius 3 is 2.14 bits per heavy atom. The molecule has 0 unspecified atom stereocenters. The zero-order valence-electron chi connectivity index (χ0n) is 12.3. The highest BCUT2D eigenvalue weighted by Gasteiger charge is 2.04. The number of aliphatic carboxylic acids is 1. The van der Waals surface area contributed by atoms with Crippen LogP contribution in [0.15, 0.2) is 54.7 Å². The summed E-state index contributed by atoms with van der Waals surface area (Å²) in [4.78, 5) is 11.3. The van der Waals surface area contributed by atoms with E-state index in [1.54, 1.807) is 56.7 Å². The van der Waals surface area contributed by atoms with Crippen molar-refractivity contribution in [3.63, 3.8) is 0 Å². The maximum atomic E-state index is 11.3. The predicted molar refractivity (Wildman–Crippen MR) is 82.6 cm³/mol. The Morgan fingerprint density at radius 2 is 1.64 bits per heavy atom. The summed E-state index contributed by atoms with van der Waals surface area (Å²) in [6.07, 6.45) is 1.39. The van der Waals surface area contributed by atoms with Crippen molar-refractivity contribution in [2.24, 2.45) is 0 Å². The minimum atomic E-state index is -1.26. The molecule has 2 rings (SSSR count). The van der Waals surface area contributed by atoms with Crippen molar-refractivity contribution in [1.82, 2.24) is 0 Å². The summed E-state index contributed by atoms with van der Waals surface area (Å²) in [5.74, 6) is -0.0523. The van der Waals surface area contributed by atoms with E-state index in [1.165, 1.54) is 6.20 Å². The zero-order chi connectivity index (χ0) is 15.9. The van der Waals surface area contributed by atoms with Crippen LogP contribution in [0.1, 0.15) is 5.56 Å². The molecule has 0 aliphatic rings. The van der Waals surface area contributed by atoms with E-state index in [0.29, 0.717) is 22.7 Å². The first-order valence-corrected chi connectivity index (χ1v) is 6.60. The van der Waals surface area contributed by atoms with Gasteiger partial charge in [0.15, 0.2) is 0 Å². The Labute approximate surface area is 128 Å². The number of methoxy groups -OCH3 is 2. The van der Waals surface area contributed by atoms with Crippen molar-refractivity contribution < 1.29 is 19.4 Å². The monoisotopic (exact) mass is 298 g/mol. The van der Waals surface area contributed by atoms with Gasteiger partial charge in [-0.25, -0.2) is 0 Å². The van der Waals surface area contributed by atoms with Crippen LogP contribution in [-0.4, -0.2) is 20.2 Å². The smallest absolute Gasteiger partial charge is 0.124 e. The van der Waals surface area contributed by atoms with Gasteiger partial charge in [-0.2, -0.15) is 0 Å². The molecule has 0 spiro atoms. The molecule has 5 nitrogen and oxygen atoms in total. The summed E-state index contributed by atoms with van der Waals surface area (Å²) in [7, 11) is 3.09. The Balaban J connectivity index is 2.30. The van der Waals surface area contributed by atoms with Gasteiger partial charge in [0.25, 0.3) is 0 Å². The Kier molecular flexibility index (Phi) is 5.03. The SMILES string of the molecule is COc1cc(N/C=C(\C(=O)[O-])c2ccccc2)cc(OC)c1. The highest BCUT2D eigenvalue weighted by Crippen LogP contribution is 2.26. The minimum absolute atomic E-state index is 0.0578. The van der Waals surface area contributed by atoms with E-state index in [-0.39, 0.29) is 5.57 Å². The topological polar surface area (TPSA) is 70.6 Å². The number of carboxylic acid groups (broad SMARTS) is 1. The lowest BCUT2D eigenvalue weighted by Crippen LogP contribution is -2.24. The maximum Gasteiger partial charge on any atom is 0.124 e. The summed E-state index contributed by atoms with van der Waals surface area (Å²) in [5, 5.41) is 14.2. The van der Waals surface area contributed by atoms with Crippen molar-refractivity contribution in [3.05, 3.63) is 60.3 Å². The van der Waals surface area contributed by atoms with E-state index in [2.05, 4.69) is 5.32 Å². The highest BCUT2D eigenvalue weighted by atomic mass is 16.5. The third kappa shape index (κ3) is 3.79. The molecule has 114 valence electrons. The molecule has 22 heavy (non-hydrogen) atoms. The molecule has 0 heterocycles. The minimum Gasteiger partial charge on any atom is -0.545 e. The van der Waals surface area contributed by atoms with Gasteiger partial charge in [0, 0.05) is 35.7 Å². The molecule has 0 radical (unpaired) electrons. The van der Waals surface area contributed by atoms with Gasteiger partial charge in [-0.1, -0.05) is 30.3 Å². The van der Waals surface area contributed by atoms with E-state index < -0.39 is 5.97 Å². The average molecular weight is 298 g/mol. The fraction of sp³-hybridized carbons (Fsp3) is 0.118. The fourth-order valence-electron chi connectivity index (χ4n) is 1.92. The van der Waals surface area contributed by atoms with Gasteiger partial charge >= 0.3 is 0 Å². The maximum absolute atomic E-state index is 11.3. The number of rotatable bonds is 6. The molecule has 0 aromatic heterocycles. The van der Waals surface area contributed by atoms with Gasteiger partial charge in [0.2, 0.25) is 0 Å². The summed E-state index contributed by atoms with van der Waals surface area (Å²) >= 11 is 0. The molecular formula is C17H16NO4-. The van der Waals surface area contributed by atoms with Crippen LogP contribution in [0.25, 0.3) is 5.57 Å². The third-order valence-corrected chi connectivity index (χ3v) is 3.04. The summed E-state index contributed by atoms with van der Waals surface area (Å²) in [5.41, 5.74) is 1.26. The molecule has 1 N–H and O–H groups in total. The highest BCUT2D eigenvalue weighted by molar-refractivity contribution is 6.14. The third-order valence-electron chi connectivity index (χ3n) is 3.04. The quantitative estimate of drug-likeness (QED) is 0.825. The number of ether oxygens (including phenoxy) is 2. The van der Waals surface area contributed by atoms with Crippen molar-refractivity contribution in [1.29, 1.82) is 0 Å². The second-order valence-electron chi connectivity index (χ2n) is 4.46. The number of benzene rings is 2. The first kappa shape index (κ1) is 15.4. The Hall–Kier alpha value is -2.95. The number of carboxylic acids is 1. The molecule has 0 aliphatic carbocycles. The lowest BCUT2D eigenvalue weighted by molar-refractivity contribution is -0.295. The van der Waals surface area contributed by atoms with Crippen LogP contribution in [0.2, 0.25) is 0 Å². The zero-order valence-corrected chi connectivity index (χ0v) is 12.3. The van der Waals surface area contributed by atoms with Crippen molar-refractivity contribution >= 4 is 17.2 Å². The van der Waals surface area contributed by atoms with Gasteiger partial charge in [0.05, 0.1) is 20.2 Å². The lowest BCUT2D eigenvalue weighted by atomic mass is 10.1. The summed E-state index contributed by atoms with van der Waals surface area (Å²) in [6, 6.07) is 13.9. The molecule has 0 bridgehead atoms. The number of nitrogens with one attached hydrogen (secondary N) is 1. The molecule has 0 amide bonds. The molecule has 0 saturated heterocycles. The lowest BCUT2D eigenvalue weighted by Gasteiger charge is -2.12. The molecule has 0 aliphatic heterocycles.